The van der Waals surface area contributed by atoms with Crippen LogP contribution < -0.4 is 0 Å². The average molecular weight is 226 g/mol. The standard InChI is InChI=1S/C10H9ClFN3/c1-6-7(2)15(5-14-6)10-9(12)3-8(11)4-13-10/h3-5H,1-2H3. The van der Waals surface area contributed by atoms with Crippen molar-refractivity contribution in [2.75, 3.05) is 0 Å². The number of rotatable bonds is 1. The number of pyridine rings is 1. The second-order valence-electron chi connectivity index (χ2n) is 3.24. The summed E-state index contributed by atoms with van der Waals surface area (Å²) in [7, 11) is 0. The lowest BCUT2D eigenvalue weighted by Crippen LogP contribution is -2.01. The number of nitrogens with zero attached hydrogens (tertiary/aromatic N) is 3. The van der Waals surface area contributed by atoms with E-state index < -0.39 is 5.82 Å². The number of aromatic nitrogens is 3. The zero-order chi connectivity index (χ0) is 11.0. The lowest BCUT2D eigenvalue weighted by Gasteiger charge is -2.05. The van der Waals surface area contributed by atoms with Crippen molar-refractivity contribution in [2.45, 2.75) is 13.8 Å². The fourth-order valence-electron chi connectivity index (χ4n) is 1.30. The van der Waals surface area contributed by atoms with E-state index in [-0.39, 0.29) is 10.8 Å². The van der Waals surface area contributed by atoms with Gasteiger partial charge in [-0.3, -0.25) is 4.57 Å². The quantitative estimate of drug-likeness (QED) is 0.747. The van der Waals surface area contributed by atoms with Crippen LogP contribution in [0.1, 0.15) is 11.4 Å². The van der Waals surface area contributed by atoms with Gasteiger partial charge in [0.15, 0.2) is 11.6 Å². The van der Waals surface area contributed by atoms with Gasteiger partial charge in [-0.15, -0.1) is 0 Å². The van der Waals surface area contributed by atoms with Crippen molar-refractivity contribution < 1.29 is 4.39 Å². The van der Waals surface area contributed by atoms with Gasteiger partial charge in [0.1, 0.15) is 6.33 Å². The number of hydrogen-bond acceptors (Lipinski definition) is 2. The normalized spacial score (nSPS) is 10.7. The molecule has 0 unspecified atom stereocenters. The van der Waals surface area contributed by atoms with E-state index in [1.165, 1.54) is 12.3 Å². The van der Waals surface area contributed by atoms with Crippen LogP contribution in [0.2, 0.25) is 5.02 Å². The van der Waals surface area contributed by atoms with Crippen molar-refractivity contribution in [1.82, 2.24) is 14.5 Å². The van der Waals surface area contributed by atoms with Crippen LogP contribution in [0, 0.1) is 19.7 Å². The molecule has 0 aromatic carbocycles. The average Bonchev–Trinajstić information content (AvgIpc) is 2.49. The van der Waals surface area contributed by atoms with Crippen LogP contribution in [0.15, 0.2) is 18.6 Å². The molecule has 0 bridgehead atoms. The minimum absolute atomic E-state index is 0.220. The van der Waals surface area contributed by atoms with E-state index in [2.05, 4.69) is 9.97 Å². The van der Waals surface area contributed by atoms with Crippen molar-refractivity contribution in [2.24, 2.45) is 0 Å². The van der Waals surface area contributed by atoms with Crippen LogP contribution in [0.4, 0.5) is 4.39 Å². The first-order chi connectivity index (χ1) is 7.09. The van der Waals surface area contributed by atoms with Crippen molar-refractivity contribution in [3.8, 4) is 5.82 Å². The lowest BCUT2D eigenvalue weighted by atomic mass is 10.3. The summed E-state index contributed by atoms with van der Waals surface area (Å²) in [4.78, 5) is 8.02. The molecule has 2 rings (SSSR count). The zero-order valence-electron chi connectivity index (χ0n) is 8.33. The van der Waals surface area contributed by atoms with E-state index in [0.717, 1.165) is 11.4 Å². The van der Waals surface area contributed by atoms with Crippen molar-refractivity contribution in [3.63, 3.8) is 0 Å². The third-order valence-corrected chi connectivity index (χ3v) is 2.48. The second-order valence-corrected chi connectivity index (χ2v) is 3.68. The van der Waals surface area contributed by atoms with Gasteiger partial charge in [-0.05, 0) is 19.9 Å². The molecule has 0 aliphatic heterocycles. The maximum absolute atomic E-state index is 13.5. The summed E-state index contributed by atoms with van der Waals surface area (Å²) < 4.78 is 15.1. The molecule has 0 atom stereocenters. The first kappa shape index (κ1) is 10.1. The summed E-state index contributed by atoms with van der Waals surface area (Å²) in [6.45, 7) is 3.72. The Hall–Kier alpha value is -1.42. The largest absolute Gasteiger partial charge is 0.285 e. The lowest BCUT2D eigenvalue weighted by molar-refractivity contribution is 0.608. The van der Waals surface area contributed by atoms with Gasteiger partial charge in [-0.2, -0.15) is 0 Å². The Morgan fingerprint density at radius 1 is 1.33 bits per heavy atom. The molecular weight excluding hydrogens is 217 g/mol. The Bertz CT molecular complexity index is 507. The molecule has 0 aliphatic rings. The molecule has 0 fully saturated rings. The van der Waals surface area contributed by atoms with Crippen LogP contribution >= 0.6 is 11.6 Å². The minimum Gasteiger partial charge on any atom is -0.285 e. The van der Waals surface area contributed by atoms with Gasteiger partial charge < -0.3 is 0 Å². The van der Waals surface area contributed by atoms with E-state index in [4.69, 9.17) is 11.6 Å². The van der Waals surface area contributed by atoms with Gasteiger partial charge >= 0.3 is 0 Å². The molecule has 15 heavy (non-hydrogen) atoms. The Labute approximate surface area is 91.5 Å². The fraction of sp³-hybridized carbons (Fsp3) is 0.200. The van der Waals surface area contributed by atoms with E-state index >= 15 is 0 Å². The third kappa shape index (κ3) is 1.72. The third-order valence-electron chi connectivity index (χ3n) is 2.27. The highest BCUT2D eigenvalue weighted by atomic mass is 35.5. The zero-order valence-corrected chi connectivity index (χ0v) is 9.09. The first-order valence-corrected chi connectivity index (χ1v) is 4.79. The molecule has 2 aromatic heterocycles. The van der Waals surface area contributed by atoms with Gasteiger partial charge in [-0.1, -0.05) is 11.6 Å². The van der Waals surface area contributed by atoms with Gasteiger partial charge in [0.25, 0.3) is 0 Å². The molecule has 0 spiro atoms. The molecule has 78 valence electrons. The highest BCUT2D eigenvalue weighted by Crippen LogP contribution is 2.17. The highest BCUT2D eigenvalue weighted by Gasteiger charge is 2.10. The molecule has 0 saturated heterocycles. The van der Waals surface area contributed by atoms with E-state index in [0.29, 0.717) is 0 Å². The number of aryl methyl sites for hydroxylation is 1. The maximum Gasteiger partial charge on any atom is 0.174 e. The summed E-state index contributed by atoms with van der Waals surface area (Å²) in [5.74, 6) is -0.236. The van der Waals surface area contributed by atoms with E-state index in [1.54, 1.807) is 10.9 Å². The van der Waals surface area contributed by atoms with Crippen LogP contribution in [0.3, 0.4) is 0 Å². The van der Waals surface area contributed by atoms with Gasteiger partial charge in [0.2, 0.25) is 0 Å². The van der Waals surface area contributed by atoms with Crippen LogP contribution in [0.5, 0.6) is 0 Å². The van der Waals surface area contributed by atoms with Crippen molar-refractivity contribution >= 4 is 11.6 Å². The Kier molecular flexibility index (Phi) is 2.44. The van der Waals surface area contributed by atoms with Crippen molar-refractivity contribution in [3.05, 3.63) is 40.8 Å². The minimum atomic E-state index is -0.456. The predicted octanol–water partition coefficient (Wildman–Crippen LogP) is 2.68. The van der Waals surface area contributed by atoms with Gasteiger partial charge in [-0.25, -0.2) is 14.4 Å². The molecular formula is C10H9ClFN3. The number of imidazole rings is 1. The molecule has 0 radical (unpaired) electrons. The van der Waals surface area contributed by atoms with Crippen LogP contribution in [-0.4, -0.2) is 14.5 Å². The summed E-state index contributed by atoms with van der Waals surface area (Å²) in [6.07, 6.45) is 2.96. The molecule has 2 heterocycles. The molecule has 5 heteroatoms. The van der Waals surface area contributed by atoms with Gasteiger partial charge in [0.05, 0.1) is 10.7 Å². The smallest absolute Gasteiger partial charge is 0.174 e. The molecule has 0 aliphatic carbocycles. The monoisotopic (exact) mass is 225 g/mol. The van der Waals surface area contributed by atoms with E-state index in [1.807, 2.05) is 13.8 Å². The number of hydrogen-bond donors (Lipinski definition) is 0. The molecule has 0 N–H and O–H groups in total. The second kappa shape index (κ2) is 3.62. The molecule has 2 aromatic rings. The summed E-state index contributed by atoms with van der Waals surface area (Å²) in [6, 6.07) is 1.23. The van der Waals surface area contributed by atoms with Crippen LogP contribution in [0.25, 0.3) is 5.82 Å². The van der Waals surface area contributed by atoms with Gasteiger partial charge in [0, 0.05) is 11.9 Å². The summed E-state index contributed by atoms with van der Waals surface area (Å²) >= 11 is 5.62. The predicted molar refractivity (Wildman–Crippen MR) is 55.8 cm³/mol. The summed E-state index contributed by atoms with van der Waals surface area (Å²) in [5.41, 5.74) is 1.72. The topological polar surface area (TPSA) is 30.7 Å². The molecule has 0 amide bonds. The van der Waals surface area contributed by atoms with E-state index in [9.17, 15) is 4.39 Å². The maximum atomic E-state index is 13.5. The number of halogens is 2. The molecule has 3 nitrogen and oxygen atoms in total. The van der Waals surface area contributed by atoms with Crippen molar-refractivity contribution in [1.29, 1.82) is 0 Å². The highest BCUT2D eigenvalue weighted by molar-refractivity contribution is 6.30. The fourth-order valence-corrected chi connectivity index (χ4v) is 1.44. The van der Waals surface area contributed by atoms with Crippen LogP contribution in [-0.2, 0) is 0 Å². The summed E-state index contributed by atoms with van der Waals surface area (Å²) in [5, 5.41) is 0.283. The first-order valence-electron chi connectivity index (χ1n) is 4.41. The Morgan fingerprint density at radius 2 is 2.07 bits per heavy atom. The molecule has 0 saturated carbocycles. The SMILES string of the molecule is Cc1ncn(-c2ncc(Cl)cc2F)c1C. The Morgan fingerprint density at radius 3 is 2.60 bits per heavy atom. The Balaban J connectivity index is 2.59.